The minimum atomic E-state index is 0.142. The monoisotopic (exact) mass is 261 g/mol. The van der Waals surface area contributed by atoms with Crippen LogP contribution < -0.4 is 5.32 Å². The molecule has 0 aromatic heterocycles. The summed E-state index contributed by atoms with van der Waals surface area (Å²) in [6.45, 7) is 3.66. The van der Waals surface area contributed by atoms with Crippen molar-refractivity contribution in [1.82, 2.24) is 5.32 Å². The number of hydrogen-bond acceptors (Lipinski definition) is 2. The van der Waals surface area contributed by atoms with E-state index in [1.165, 1.54) is 11.1 Å². The maximum Gasteiger partial charge on any atom is 0.220 e. The van der Waals surface area contributed by atoms with Crippen LogP contribution in [0, 0.1) is 6.92 Å². The van der Waals surface area contributed by atoms with Crippen molar-refractivity contribution in [3.63, 3.8) is 0 Å². The van der Waals surface area contributed by atoms with E-state index in [9.17, 15) is 4.79 Å². The molecular weight excluding hydrogens is 238 g/mol. The Bertz CT molecular complexity index is 411. The molecule has 1 fully saturated rings. The highest BCUT2D eigenvalue weighted by Crippen LogP contribution is 2.16. The lowest BCUT2D eigenvalue weighted by molar-refractivity contribution is -0.121. The second kappa shape index (κ2) is 7.29. The lowest BCUT2D eigenvalue weighted by Gasteiger charge is -2.09. The molecule has 1 heterocycles. The first-order chi connectivity index (χ1) is 9.24. The lowest BCUT2D eigenvalue weighted by atomic mass is 10.1. The summed E-state index contributed by atoms with van der Waals surface area (Å²) in [7, 11) is 0. The second-order valence-electron chi connectivity index (χ2n) is 5.26. The van der Waals surface area contributed by atoms with Gasteiger partial charge in [-0.05, 0) is 38.2 Å². The third kappa shape index (κ3) is 5.03. The first-order valence-electron chi connectivity index (χ1n) is 7.18. The van der Waals surface area contributed by atoms with Gasteiger partial charge in [-0.1, -0.05) is 29.8 Å². The number of hydrogen-bond donors (Lipinski definition) is 1. The van der Waals surface area contributed by atoms with Gasteiger partial charge in [-0.25, -0.2) is 0 Å². The van der Waals surface area contributed by atoms with Crippen molar-refractivity contribution in [2.75, 3.05) is 13.2 Å². The van der Waals surface area contributed by atoms with Crippen LogP contribution in [0.25, 0.3) is 0 Å². The van der Waals surface area contributed by atoms with E-state index in [-0.39, 0.29) is 5.91 Å². The standard InChI is InChI=1S/C16H23NO2/c1-13-4-2-5-14(12-13)9-10-17-16(18)8-7-15-6-3-11-19-15/h2,4-5,12,15H,3,6-11H2,1H3,(H,17,18). The molecule has 1 unspecified atom stereocenters. The van der Waals surface area contributed by atoms with Gasteiger partial charge in [0.25, 0.3) is 0 Å². The van der Waals surface area contributed by atoms with E-state index in [0.717, 1.165) is 32.3 Å². The smallest absolute Gasteiger partial charge is 0.220 e. The second-order valence-corrected chi connectivity index (χ2v) is 5.26. The molecule has 3 nitrogen and oxygen atoms in total. The predicted octanol–water partition coefficient (Wildman–Crippen LogP) is 2.61. The molecule has 0 radical (unpaired) electrons. The highest BCUT2D eigenvalue weighted by molar-refractivity contribution is 5.75. The molecule has 1 amide bonds. The topological polar surface area (TPSA) is 38.3 Å². The summed E-state index contributed by atoms with van der Waals surface area (Å²) < 4.78 is 5.51. The minimum Gasteiger partial charge on any atom is -0.378 e. The van der Waals surface area contributed by atoms with Gasteiger partial charge in [-0.2, -0.15) is 0 Å². The molecule has 19 heavy (non-hydrogen) atoms. The van der Waals surface area contributed by atoms with Crippen LogP contribution in [0.15, 0.2) is 24.3 Å². The number of nitrogens with one attached hydrogen (secondary N) is 1. The van der Waals surface area contributed by atoms with Gasteiger partial charge in [0.1, 0.15) is 0 Å². The van der Waals surface area contributed by atoms with Gasteiger partial charge in [-0.15, -0.1) is 0 Å². The molecule has 0 bridgehead atoms. The number of benzene rings is 1. The van der Waals surface area contributed by atoms with Crippen molar-refractivity contribution in [2.45, 2.75) is 45.1 Å². The average molecular weight is 261 g/mol. The van der Waals surface area contributed by atoms with Gasteiger partial charge in [0, 0.05) is 19.6 Å². The Morgan fingerprint density at radius 3 is 3.11 bits per heavy atom. The Hall–Kier alpha value is -1.35. The van der Waals surface area contributed by atoms with E-state index in [0.29, 0.717) is 19.1 Å². The number of carbonyl (C=O) groups is 1. The first-order valence-corrected chi connectivity index (χ1v) is 7.18. The van der Waals surface area contributed by atoms with E-state index in [4.69, 9.17) is 4.74 Å². The zero-order chi connectivity index (χ0) is 13.5. The van der Waals surface area contributed by atoms with E-state index >= 15 is 0 Å². The summed E-state index contributed by atoms with van der Waals surface area (Å²) in [6, 6.07) is 8.41. The third-order valence-electron chi connectivity index (χ3n) is 3.54. The quantitative estimate of drug-likeness (QED) is 0.855. The largest absolute Gasteiger partial charge is 0.378 e. The van der Waals surface area contributed by atoms with Crippen molar-refractivity contribution in [2.24, 2.45) is 0 Å². The van der Waals surface area contributed by atoms with Crippen LogP contribution in [-0.2, 0) is 16.0 Å². The van der Waals surface area contributed by atoms with Crippen molar-refractivity contribution < 1.29 is 9.53 Å². The van der Waals surface area contributed by atoms with Gasteiger partial charge in [0.15, 0.2) is 0 Å². The molecule has 3 heteroatoms. The molecule has 1 N–H and O–H groups in total. The average Bonchev–Trinajstić information content (AvgIpc) is 2.89. The fraction of sp³-hybridized carbons (Fsp3) is 0.562. The SMILES string of the molecule is Cc1cccc(CCNC(=O)CCC2CCCO2)c1. The summed E-state index contributed by atoms with van der Waals surface area (Å²) in [4.78, 5) is 11.7. The van der Waals surface area contributed by atoms with E-state index in [1.807, 2.05) is 0 Å². The van der Waals surface area contributed by atoms with Crippen molar-refractivity contribution in [3.8, 4) is 0 Å². The third-order valence-corrected chi connectivity index (χ3v) is 3.54. The number of aryl methyl sites for hydroxylation is 1. The summed E-state index contributed by atoms with van der Waals surface area (Å²) in [6.07, 6.45) is 4.89. The molecule has 0 aliphatic carbocycles. The summed E-state index contributed by atoms with van der Waals surface area (Å²) in [5, 5.41) is 2.98. The van der Waals surface area contributed by atoms with E-state index < -0.39 is 0 Å². The zero-order valence-electron chi connectivity index (χ0n) is 11.7. The predicted molar refractivity (Wildman–Crippen MR) is 76.1 cm³/mol. The van der Waals surface area contributed by atoms with Gasteiger partial charge in [-0.3, -0.25) is 4.79 Å². The Kier molecular flexibility index (Phi) is 5.40. The molecule has 1 atom stereocenters. The normalized spacial score (nSPS) is 18.5. The molecule has 1 aliphatic rings. The van der Waals surface area contributed by atoms with E-state index in [2.05, 4.69) is 36.5 Å². The van der Waals surface area contributed by atoms with Crippen LogP contribution in [0.3, 0.4) is 0 Å². The van der Waals surface area contributed by atoms with E-state index in [1.54, 1.807) is 0 Å². The van der Waals surface area contributed by atoms with Crippen molar-refractivity contribution >= 4 is 5.91 Å². The molecule has 1 aromatic carbocycles. The zero-order valence-corrected chi connectivity index (χ0v) is 11.7. The van der Waals surface area contributed by atoms with Crippen molar-refractivity contribution in [3.05, 3.63) is 35.4 Å². The van der Waals surface area contributed by atoms with Gasteiger partial charge < -0.3 is 10.1 Å². The molecule has 1 saturated heterocycles. The summed E-state index contributed by atoms with van der Waals surface area (Å²) >= 11 is 0. The van der Waals surface area contributed by atoms with Crippen LogP contribution in [0.1, 0.15) is 36.8 Å². The highest BCUT2D eigenvalue weighted by atomic mass is 16.5. The molecule has 0 spiro atoms. The fourth-order valence-electron chi connectivity index (χ4n) is 2.47. The van der Waals surface area contributed by atoms with Crippen LogP contribution >= 0.6 is 0 Å². The van der Waals surface area contributed by atoms with Gasteiger partial charge >= 0.3 is 0 Å². The Balaban J connectivity index is 1.60. The minimum absolute atomic E-state index is 0.142. The molecular formula is C16H23NO2. The fourth-order valence-corrected chi connectivity index (χ4v) is 2.47. The molecule has 2 rings (SSSR count). The first kappa shape index (κ1) is 14.1. The molecule has 0 saturated carbocycles. The highest BCUT2D eigenvalue weighted by Gasteiger charge is 2.16. The molecule has 104 valence electrons. The number of rotatable bonds is 6. The lowest BCUT2D eigenvalue weighted by Crippen LogP contribution is -2.26. The Morgan fingerprint density at radius 1 is 1.47 bits per heavy atom. The van der Waals surface area contributed by atoms with Gasteiger partial charge in [0.05, 0.1) is 6.10 Å². The van der Waals surface area contributed by atoms with Crippen LogP contribution in [0.2, 0.25) is 0 Å². The van der Waals surface area contributed by atoms with Crippen molar-refractivity contribution in [1.29, 1.82) is 0 Å². The maximum absolute atomic E-state index is 11.7. The number of carbonyl (C=O) groups excluding carboxylic acids is 1. The summed E-state index contributed by atoms with van der Waals surface area (Å²) in [5.41, 5.74) is 2.54. The van der Waals surface area contributed by atoms with Crippen LogP contribution in [-0.4, -0.2) is 25.2 Å². The van der Waals surface area contributed by atoms with Crippen LogP contribution in [0.4, 0.5) is 0 Å². The van der Waals surface area contributed by atoms with Gasteiger partial charge in [0.2, 0.25) is 5.91 Å². The molecule has 1 aliphatic heterocycles. The Labute approximate surface area is 115 Å². The number of amides is 1. The Morgan fingerprint density at radius 2 is 2.37 bits per heavy atom. The summed E-state index contributed by atoms with van der Waals surface area (Å²) in [5.74, 6) is 0.142. The molecule has 1 aromatic rings. The maximum atomic E-state index is 11.7. The van der Waals surface area contributed by atoms with Crippen LogP contribution in [0.5, 0.6) is 0 Å². The number of ether oxygens (including phenoxy) is 1.